The third-order valence-electron chi connectivity index (χ3n) is 4.17. The van der Waals surface area contributed by atoms with Gasteiger partial charge in [0.05, 0.1) is 5.02 Å². The minimum absolute atomic E-state index is 0.101. The lowest BCUT2D eigenvalue weighted by Crippen LogP contribution is -2.47. The Morgan fingerprint density at radius 2 is 2.07 bits per heavy atom. The molecule has 0 saturated carbocycles. The number of ether oxygens (including phenoxy) is 1. The first-order valence-electron chi connectivity index (χ1n) is 8.26. The smallest absolute Gasteiger partial charge is 0.260 e. The second-order valence-corrected chi connectivity index (χ2v) is 9.37. The van der Waals surface area contributed by atoms with E-state index >= 15 is 0 Å². The van der Waals surface area contributed by atoms with E-state index in [0.717, 1.165) is 17.4 Å². The number of rotatable bonds is 6. The van der Waals surface area contributed by atoms with E-state index in [-0.39, 0.29) is 33.5 Å². The Labute approximate surface area is 165 Å². The summed E-state index contributed by atoms with van der Waals surface area (Å²) >= 11 is 7.03. The largest absolute Gasteiger partial charge is 0.482 e. The number of carbonyl (C=O) groups excluding carboxylic acids is 1. The zero-order valence-electron chi connectivity index (χ0n) is 14.2. The van der Waals surface area contributed by atoms with Crippen LogP contribution in [0, 0.1) is 5.82 Å². The lowest BCUT2D eigenvalue weighted by atomic mass is 10.1. The van der Waals surface area contributed by atoms with Crippen molar-refractivity contribution < 1.29 is 22.3 Å². The van der Waals surface area contributed by atoms with Crippen LogP contribution in [0.15, 0.2) is 39.9 Å². The lowest BCUT2D eigenvalue weighted by molar-refractivity contribution is -0.134. The fourth-order valence-corrected chi connectivity index (χ4v) is 5.30. The summed E-state index contributed by atoms with van der Waals surface area (Å²) in [6.45, 7) is 0.644. The van der Waals surface area contributed by atoms with Crippen LogP contribution in [0.25, 0.3) is 0 Å². The van der Waals surface area contributed by atoms with Crippen LogP contribution < -0.4 is 9.46 Å². The van der Waals surface area contributed by atoms with Crippen LogP contribution in [0.3, 0.4) is 0 Å². The Morgan fingerprint density at radius 3 is 2.70 bits per heavy atom. The molecule has 1 aliphatic rings. The highest BCUT2D eigenvalue weighted by molar-refractivity contribution is 7.91. The Hall–Kier alpha value is -1.68. The van der Waals surface area contributed by atoms with E-state index in [4.69, 9.17) is 16.3 Å². The summed E-state index contributed by atoms with van der Waals surface area (Å²) in [4.78, 5) is 13.9. The van der Waals surface area contributed by atoms with Gasteiger partial charge in [0.1, 0.15) is 15.8 Å². The van der Waals surface area contributed by atoms with Gasteiger partial charge in [0.25, 0.3) is 5.91 Å². The number of carbonyl (C=O) groups is 1. The molecule has 0 atom stereocenters. The van der Waals surface area contributed by atoms with Gasteiger partial charge in [-0.05, 0) is 42.5 Å². The number of amides is 1. The van der Waals surface area contributed by atoms with Crippen molar-refractivity contribution in [2.24, 2.45) is 0 Å². The number of hydrogen-bond acceptors (Lipinski definition) is 5. The summed E-state index contributed by atoms with van der Waals surface area (Å²) in [6, 6.07) is 6.73. The van der Waals surface area contributed by atoms with Crippen LogP contribution in [0.4, 0.5) is 4.39 Å². The molecule has 0 spiro atoms. The number of hydrogen-bond donors (Lipinski definition) is 1. The minimum Gasteiger partial charge on any atom is -0.482 e. The normalized spacial score (nSPS) is 15.7. The monoisotopic (exact) mass is 432 g/mol. The van der Waals surface area contributed by atoms with Gasteiger partial charge in [0.15, 0.2) is 6.61 Å². The molecular weight excluding hydrogens is 415 g/mol. The van der Waals surface area contributed by atoms with Gasteiger partial charge in [-0.25, -0.2) is 17.5 Å². The first-order chi connectivity index (χ1) is 12.8. The van der Waals surface area contributed by atoms with Crippen molar-refractivity contribution in [2.75, 3.05) is 19.7 Å². The molecule has 10 heteroatoms. The molecular formula is C17H18ClFN2O4S2. The molecule has 146 valence electrons. The summed E-state index contributed by atoms with van der Waals surface area (Å²) in [6.07, 6.45) is 1.04. The van der Waals surface area contributed by atoms with Crippen molar-refractivity contribution in [3.63, 3.8) is 0 Å². The third-order valence-corrected chi connectivity index (χ3v) is 7.39. The maximum Gasteiger partial charge on any atom is 0.260 e. The SMILES string of the molecule is O=C(COc1ccc(F)cc1Cl)N1CCC(NS(=O)(=O)c2cccs2)CC1. The molecule has 1 fully saturated rings. The number of benzene rings is 1. The zero-order chi connectivity index (χ0) is 19.4. The van der Waals surface area contributed by atoms with E-state index in [9.17, 15) is 17.6 Å². The molecule has 0 unspecified atom stereocenters. The quantitative estimate of drug-likeness (QED) is 0.761. The average molecular weight is 433 g/mol. The van der Waals surface area contributed by atoms with E-state index in [1.165, 1.54) is 12.1 Å². The molecule has 2 heterocycles. The summed E-state index contributed by atoms with van der Waals surface area (Å²) in [7, 11) is -3.51. The Kier molecular flexibility index (Phi) is 6.36. The Morgan fingerprint density at radius 1 is 1.33 bits per heavy atom. The van der Waals surface area contributed by atoms with Gasteiger partial charge in [-0.3, -0.25) is 4.79 Å². The molecule has 0 radical (unpaired) electrons. The molecule has 1 saturated heterocycles. The molecule has 3 rings (SSSR count). The highest BCUT2D eigenvalue weighted by Gasteiger charge is 2.27. The molecule has 6 nitrogen and oxygen atoms in total. The van der Waals surface area contributed by atoms with Crippen LogP contribution >= 0.6 is 22.9 Å². The lowest BCUT2D eigenvalue weighted by Gasteiger charge is -2.32. The predicted octanol–water partition coefficient (Wildman–Crippen LogP) is 2.89. The first kappa shape index (κ1) is 20.1. The van der Waals surface area contributed by atoms with Crippen LogP contribution in [0.2, 0.25) is 5.02 Å². The maximum atomic E-state index is 13.0. The van der Waals surface area contributed by atoms with Gasteiger partial charge in [-0.1, -0.05) is 17.7 Å². The molecule has 0 bridgehead atoms. The number of likely N-dealkylation sites (tertiary alicyclic amines) is 1. The molecule has 1 amide bonds. The fourth-order valence-electron chi connectivity index (χ4n) is 2.76. The molecule has 27 heavy (non-hydrogen) atoms. The fraction of sp³-hybridized carbons (Fsp3) is 0.353. The summed E-state index contributed by atoms with van der Waals surface area (Å²) in [5.41, 5.74) is 0. The molecule has 1 aromatic carbocycles. The first-order valence-corrected chi connectivity index (χ1v) is 11.0. The number of nitrogens with one attached hydrogen (secondary N) is 1. The van der Waals surface area contributed by atoms with Crippen molar-refractivity contribution in [3.05, 3.63) is 46.6 Å². The third kappa shape index (κ3) is 5.19. The van der Waals surface area contributed by atoms with E-state index in [0.29, 0.717) is 25.9 Å². The van der Waals surface area contributed by atoms with Gasteiger partial charge in [0.2, 0.25) is 10.0 Å². The molecule has 1 aromatic heterocycles. The van der Waals surface area contributed by atoms with Crippen molar-refractivity contribution >= 4 is 38.9 Å². The zero-order valence-corrected chi connectivity index (χ0v) is 16.6. The number of piperidine rings is 1. The van der Waals surface area contributed by atoms with Crippen LogP contribution in [0.5, 0.6) is 5.75 Å². The van der Waals surface area contributed by atoms with Crippen molar-refractivity contribution in [2.45, 2.75) is 23.1 Å². The van der Waals surface area contributed by atoms with Crippen molar-refractivity contribution in [3.8, 4) is 5.75 Å². The van der Waals surface area contributed by atoms with Gasteiger partial charge in [-0.15, -0.1) is 11.3 Å². The van der Waals surface area contributed by atoms with Gasteiger partial charge >= 0.3 is 0 Å². The number of thiophene rings is 1. The van der Waals surface area contributed by atoms with Crippen LogP contribution in [-0.2, 0) is 14.8 Å². The predicted molar refractivity (Wildman–Crippen MR) is 101 cm³/mol. The Balaban J connectivity index is 1.48. The Bertz CT molecular complexity index is 898. The van der Waals surface area contributed by atoms with E-state index in [2.05, 4.69) is 4.72 Å². The van der Waals surface area contributed by atoms with Gasteiger partial charge in [0, 0.05) is 19.1 Å². The summed E-state index contributed by atoms with van der Waals surface area (Å²) < 4.78 is 45.9. The van der Waals surface area contributed by atoms with Crippen LogP contribution in [-0.4, -0.2) is 45.0 Å². The molecule has 1 N–H and O–H groups in total. The van der Waals surface area contributed by atoms with E-state index in [1.807, 2.05) is 0 Å². The van der Waals surface area contributed by atoms with Crippen molar-refractivity contribution in [1.82, 2.24) is 9.62 Å². The summed E-state index contributed by atoms with van der Waals surface area (Å²) in [5.74, 6) is -0.467. The second kappa shape index (κ2) is 8.55. The van der Waals surface area contributed by atoms with Crippen LogP contribution in [0.1, 0.15) is 12.8 Å². The topological polar surface area (TPSA) is 75.7 Å². The van der Waals surface area contributed by atoms with E-state index in [1.54, 1.807) is 22.4 Å². The highest BCUT2D eigenvalue weighted by Crippen LogP contribution is 2.25. The average Bonchev–Trinajstić information content (AvgIpc) is 3.17. The number of halogens is 2. The standard InChI is InChI=1S/C17H18ClFN2O4S2/c18-14-10-12(19)3-4-15(14)25-11-16(22)21-7-5-13(6-8-21)20-27(23,24)17-2-1-9-26-17/h1-4,9-10,13,20H,5-8,11H2. The maximum absolute atomic E-state index is 13.0. The van der Waals surface area contributed by atoms with Gasteiger partial charge < -0.3 is 9.64 Å². The number of nitrogens with zero attached hydrogens (tertiary/aromatic N) is 1. The molecule has 2 aromatic rings. The number of sulfonamides is 1. The highest BCUT2D eigenvalue weighted by atomic mass is 35.5. The second-order valence-electron chi connectivity index (χ2n) is 6.07. The van der Waals surface area contributed by atoms with Crippen molar-refractivity contribution in [1.29, 1.82) is 0 Å². The van der Waals surface area contributed by atoms with Gasteiger partial charge in [-0.2, -0.15) is 0 Å². The molecule has 0 aliphatic carbocycles. The minimum atomic E-state index is -3.51. The van der Waals surface area contributed by atoms with E-state index < -0.39 is 15.8 Å². The summed E-state index contributed by atoms with van der Waals surface area (Å²) in [5, 5.41) is 1.81. The molecule has 1 aliphatic heterocycles.